The topological polar surface area (TPSA) is 64.4 Å². The first-order valence-corrected chi connectivity index (χ1v) is 5.76. The van der Waals surface area contributed by atoms with E-state index in [4.69, 9.17) is 4.74 Å². The van der Waals surface area contributed by atoms with Gasteiger partial charge in [0.1, 0.15) is 0 Å². The van der Waals surface area contributed by atoms with E-state index < -0.39 is 0 Å². The predicted molar refractivity (Wildman–Crippen MR) is 65.3 cm³/mol. The average Bonchev–Trinajstić information content (AvgIpc) is 2.33. The van der Waals surface area contributed by atoms with E-state index in [9.17, 15) is 10.1 Å². The van der Waals surface area contributed by atoms with Crippen molar-refractivity contribution < 1.29 is 9.66 Å². The molecule has 1 N–H and O–H groups in total. The van der Waals surface area contributed by atoms with Crippen LogP contribution in [0.4, 0.5) is 11.4 Å². The van der Waals surface area contributed by atoms with Crippen LogP contribution >= 0.6 is 0 Å². The molecule has 0 spiro atoms. The summed E-state index contributed by atoms with van der Waals surface area (Å²) in [6.45, 7) is 3.45. The number of nitro benzene ring substituents is 1. The average molecular weight is 236 g/mol. The maximum atomic E-state index is 10.6. The minimum Gasteiger partial charge on any atom is -0.382 e. The molecule has 0 aromatic heterocycles. The molecule has 1 aromatic carbocycles. The van der Waals surface area contributed by atoms with Gasteiger partial charge >= 0.3 is 0 Å². The molecule has 92 valence electrons. The Morgan fingerprint density at radius 2 is 2.12 bits per heavy atom. The van der Waals surface area contributed by atoms with Gasteiger partial charge in [0.15, 0.2) is 0 Å². The van der Waals surface area contributed by atoms with Crippen LogP contribution in [0.2, 0.25) is 0 Å². The first-order valence-electron chi connectivity index (χ1n) is 5.76. The third-order valence-corrected chi connectivity index (χ3v) is 3.00. The number of ether oxygens (including phenoxy) is 1. The van der Waals surface area contributed by atoms with E-state index in [-0.39, 0.29) is 10.6 Å². The monoisotopic (exact) mass is 236 g/mol. The van der Waals surface area contributed by atoms with E-state index in [0.29, 0.717) is 6.04 Å². The molecule has 1 aliphatic heterocycles. The number of non-ortho nitro benzene ring substituents is 1. The van der Waals surface area contributed by atoms with Crippen LogP contribution in [0.3, 0.4) is 0 Å². The highest BCUT2D eigenvalue weighted by Crippen LogP contribution is 2.23. The fourth-order valence-corrected chi connectivity index (χ4v) is 1.99. The normalized spacial score (nSPS) is 16.8. The number of rotatable bonds is 3. The van der Waals surface area contributed by atoms with E-state index >= 15 is 0 Å². The molecule has 5 nitrogen and oxygen atoms in total. The lowest BCUT2D eigenvalue weighted by atomic mass is 10.1. The lowest BCUT2D eigenvalue weighted by Crippen LogP contribution is -2.28. The van der Waals surface area contributed by atoms with Crippen molar-refractivity contribution in [2.45, 2.75) is 25.8 Å². The van der Waals surface area contributed by atoms with Crippen molar-refractivity contribution in [1.82, 2.24) is 0 Å². The van der Waals surface area contributed by atoms with Crippen molar-refractivity contribution in [3.63, 3.8) is 0 Å². The molecule has 0 aliphatic carbocycles. The summed E-state index contributed by atoms with van der Waals surface area (Å²) in [5.41, 5.74) is 2.02. The lowest BCUT2D eigenvalue weighted by molar-refractivity contribution is -0.384. The molecule has 0 amide bonds. The maximum absolute atomic E-state index is 10.6. The molecule has 0 radical (unpaired) electrons. The van der Waals surface area contributed by atoms with Crippen molar-refractivity contribution in [3.8, 4) is 0 Å². The standard InChI is InChI=1S/C12H16N2O3/c1-9-8-11(14(15)16)2-3-12(9)13-10-4-6-17-7-5-10/h2-3,8,10,13H,4-7H2,1H3. The molecule has 5 heteroatoms. The van der Waals surface area contributed by atoms with Crippen molar-refractivity contribution in [2.24, 2.45) is 0 Å². The van der Waals surface area contributed by atoms with Crippen LogP contribution in [0.5, 0.6) is 0 Å². The van der Waals surface area contributed by atoms with Gasteiger partial charge in [-0.2, -0.15) is 0 Å². The number of nitro groups is 1. The Labute approximate surface area is 99.9 Å². The molecular formula is C12H16N2O3. The van der Waals surface area contributed by atoms with Gasteiger partial charge in [0.25, 0.3) is 5.69 Å². The van der Waals surface area contributed by atoms with Crippen molar-refractivity contribution in [3.05, 3.63) is 33.9 Å². The second-order valence-corrected chi connectivity index (χ2v) is 4.29. The third-order valence-electron chi connectivity index (χ3n) is 3.00. The van der Waals surface area contributed by atoms with Gasteiger partial charge in [-0.25, -0.2) is 0 Å². The molecule has 0 bridgehead atoms. The Morgan fingerprint density at radius 3 is 2.71 bits per heavy atom. The zero-order valence-electron chi connectivity index (χ0n) is 9.81. The van der Waals surface area contributed by atoms with Crippen molar-refractivity contribution in [2.75, 3.05) is 18.5 Å². The van der Waals surface area contributed by atoms with Gasteiger partial charge in [-0.05, 0) is 31.4 Å². The minimum absolute atomic E-state index is 0.139. The van der Waals surface area contributed by atoms with Crippen LogP contribution in [0.25, 0.3) is 0 Å². The van der Waals surface area contributed by atoms with Crippen LogP contribution in [0.15, 0.2) is 18.2 Å². The number of hydrogen-bond acceptors (Lipinski definition) is 4. The van der Waals surface area contributed by atoms with Gasteiger partial charge < -0.3 is 10.1 Å². The summed E-state index contributed by atoms with van der Waals surface area (Å²) in [6, 6.07) is 5.32. The van der Waals surface area contributed by atoms with Crippen molar-refractivity contribution in [1.29, 1.82) is 0 Å². The van der Waals surface area contributed by atoms with Crippen LogP contribution in [-0.2, 0) is 4.74 Å². The van der Waals surface area contributed by atoms with Gasteiger partial charge in [0, 0.05) is 37.1 Å². The van der Waals surface area contributed by atoms with Gasteiger partial charge in [-0.1, -0.05) is 0 Å². The Hall–Kier alpha value is -1.62. The molecule has 17 heavy (non-hydrogen) atoms. The molecule has 1 aromatic rings. The maximum Gasteiger partial charge on any atom is 0.269 e. The Morgan fingerprint density at radius 1 is 1.41 bits per heavy atom. The Bertz CT molecular complexity index is 414. The minimum atomic E-state index is -0.370. The zero-order valence-corrected chi connectivity index (χ0v) is 9.81. The number of anilines is 1. The van der Waals surface area contributed by atoms with E-state index in [2.05, 4.69) is 5.32 Å². The quantitative estimate of drug-likeness (QED) is 0.647. The van der Waals surface area contributed by atoms with Gasteiger partial charge in [-0.15, -0.1) is 0 Å². The number of nitrogens with zero attached hydrogens (tertiary/aromatic N) is 1. The third kappa shape index (κ3) is 2.94. The van der Waals surface area contributed by atoms with Gasteiger partial charge in [0.05, 0.1) is 4.92 Å². The summed E-state index contributed by atoms with van der Waals surface area (Å²) in [4.78, 5) is 10.3. The van der Waals surface area contributed by atoms with Crippen LogP contribution in [0.1, 0.15) is 18.4 Å². The van der Waals surface area contributed by atoms with Crippen LogP contribution in [0, 0.1) is 17.0 Å². The molecule has 0 unspecified atom stereocenters. The molecule has 2 rings (SSSR count). The van der Waals surface area contributed by atoms with Crippen molar-refractivity contribution >= 4 is 11.4 Å². The largest absolute Gasteiger partial charge is 0.382 e. The van der Waals surface area contributed by atoms with E-state index in [1.54, 1.807) is 12.1 Å². The summed E-state index contributed by atoms with van der Waals surface area (Å²) < 4.78 is 5.29. The molecular weight excluding hydrogens is 220 g/mol. The zero-order chi connectivity index (χ0) is 12.3. The number of nitrogens with one attached hydrogen (secondary N) is 1. The fraction of sp³-hybridized carbons (Fsp3) is 0.500. The molecule has 1 fully saturated rings. The molecule has 1 saturated heterocycles. The second-order valence-electron chi connectivity index (χ2n) is 4.29. The van der Waals surface area contributed by atoms with Crippen LogP contribution in [-0.4, -0.2) is 24.2 Å². The summed E-state index contributed by atoms with van der Waals surface area (Å²) in [6.07, 6.45) is 1.97. The fourth-order valence-electron chi connectivity index (χ4n) is 1.99. The first kappa shape index (κ1) is 11.9. The highest BCUT2D eigenvalue weighted by atomic mass is 16.6. The highest BCUT2D eigenvalue weighted by molar-refractivity contribution is 5.55. The summed E-state index contributed by atoms with van der Waals surface area (Å²) in [7, 11) is 0. The summed E-state index contributed by atoms with van der Waals surface area (Å²) in [5, 5.41) is 14.0. The van der Waals surface area contributed by atoms with E-state index in [1.807, 2.05) is 6.92 Å². The van der Waals surface area contributed by atoms with Gasteiger partial charge in [-0.3, -0.25) is 10.1 Å². The molecule has 0 saturated carbocycles. The van der Waals surface area contributed by atoms with Gasteiger partial charge in [0.2, 0.25) is 0 Å². The number of hydrogen-bond donors (Lipinski definition) is 1. The van der Waals surface area contributed by atoms with Crippen LogP contribution < -0.4 is 5.32 Å². The SMILES string of the molecule is Cc1cc([N+](=O)[O-])ccc1NC1CCOCC1. The lowest BCUT2D eigenvalue weighted by Gasteiger charge is -2.24. The highest BCUT2D eigenvalue weighted by Gasteiger charge is 2.15. The number of aryl methyl sites for hydroxylation is 1. The first-order chi connectivity index (χ1) is 8.16. The molecule has 1 heterocycles. The Kier molecular flexibility index (Phi) is 3.58. The summed E-state index contributed by atoms with van der Waals surface area (Å²) >= 11 is 0. The smallest absolute Gasteiger partial charge is 0.269 e. The Balaban J connectivity index is 2.08. The second kappa shape index (κ2) is 5.14. The number of benzene rings is 1. The predicted octanol–water partition coefficient (Wildman–Crippen LogP) is 2.49. The van der Waals surface area contributed by atoms with E-state index in [0.717, 1.165) is 37.3 Å². The molecule has 0 atom stereocenters. The van der Waals surface area contributed by atoms with E-state index in [1.165, 1.54) is 6.07 Å². The molecule has 1 aliphatic rings. The summed E-state index contributed by atoms with van der Waals surface area (Å²) in [5.74, 6) is 0.